The van der Waals surface area contributed by atoms with Crippen molar-refractivity contribution >= 4 is 26.0 Å². The lowest BCUT2D eigenvalue weighted by molar-refractivity contribution is -0.126. The van der Waals surface area contributed by atoms with Crippen molar-refractivity contribution in [1.29, 1.82) is 0 Å². The minimum absolute atomic E-state index is 0.119. The number of benzene rings is 2. The molecule has 4 rings (SSSR count). The van der Waals surface area contributed by atoms with E-state index in [0.29, 0.717) is 44.8 Å². The second-order valence-electron chi connectivity index (χ2n) is 9.43. The molecule has 0 unspecified atom stereocenters. The molecule has 2 saturated heterocycles. The molecule has 1 atom stereocenters. The number of nitrogens with zero attached hydrogens (tertiary/aromatic N) is 2. The molecule has 0 saturated carbocycles. The predicted octanol–water partition coefficient (Wildman–Crippen LogP) is 2.98. The van der Waals surface area contributed by atoms with Crippen LogP contribution in [0.3, 0.4) is 0 Å². The van der Waals surface area contributed by atoms with Crippen molar-refractivity contribution in [1.82, 2.24) is 13.9 Å². The second kappa shape index (κ2) is 11.9. The lowest BCUT2D eigenvalue weighted by atomic mass is 9.99. The third kappa shape index (κ3) is 6.51. The highest BCUT2D eigenvalue weighted by molar-refractivity contribution is 7.89. The van der Waals surface area contributed by atoms with E-state index in [2.05, 4.69) is 5.32 Å². The summed E-state index contributed by atoms with van der Waals surface area (Å²) in [6.45, 7) is 4.18. The lowest BCUT2D eigenvalue weighted by Crippen LogP contribution is -2.45. The Labute approximate surface area is 219 Å². The van der Waals surface area contributed by atoms with Gasteiger partial charge in [-0.3, -0.25) is 4.79 Å². The van der Waals surface area contributed by atoms with E-state index in [-0.39, 0.29) is 28.8 Å². The monoisotopic (exact) mass is 549 g/mol. The Hall–Kier alpha value is -2.47. The molecule has 2 fully saturated rings. The standard InChI is InChI=1S/C26H35N3O6S2/c1-2-35-23-10-14-25(15-11-23)37(33,34)29-18-6-7-22(20-29)26(30)27-19-21-8-12-24(13-9-21)36(31,32)28-16-4-3-5-17-28/h8-15,22H,2-7,16-20H2,1H3,(H,27,30)/t22-/m1/s1. The Balaban J connectivity index is 1.34. The second-order valence-corrected chi connectivity index (χ2v) is 13.3. The van der Waals surface area contributed by atoms with Crippen molar-refractivity contribution in [3.8, 4) is 5.75 Å². The summed E-state index contributed by atoms with van der Waals surface area (Å²) in [6, 6.07) is 12.9. The van der Waals surface area contributed by atoms with Crippen LogP contribution in [0, 0.1) is 5.92 Å². The largest absolute Gasteiger partial charge is 0.494 e. The summed E-state index contributed by atoms with van der Waals surface area (Å²) in [6.07, 6.45) is 4.01. The zero-order valence-electron chi connectivity index (χ0n) is 21.1. The molecular weight excluding hydrogens is 514 g/mol. The third-order valence-corrected chi connectivity index (χ3v) is 10.7. The fraction of sp³-hybridized carbons (Fsp3) is 0.500. The molecule has 202 valence electrons. The van der Waals surface area contributed by atoms with Gasteiger partial charge in [0.2, 0.25) is 26.0 Å². The smallest absolute Gasteiger partial charge is 0.243 e. The summed E-state index contributed by atoms with van der Waals surface area (Å²) in [5.41, 5.74) is 0.778. The van der Waals surface area contributed by atoms with E-state index in [1.165, 1.54) is 20.7 Å². The van der Waals surface area contributed by atoms with Crippen LogP contribution in [0.4, 0.5) is 0 Å². The molecule has 11 heteroatoms. The van der Waals surface area contributed by atoms with E-state index in [4.69, 9.17) is 4.74 Å². The first-order valence-corrected chi connectivity index (χ1v) is 15.7. The van der Waals surface area contributed by atoms with Gasteiger partial charge in [0.1, 0.15) is 5.75 Å². The number of carbonyl (C=O) groups is 1. The average Bonchev–Trinajstić information content (AvgIpc) is 2.93. The maximum Gasteiger partial charge on any atom is 0.243 e. The molecule has 2 heterocycles. The molecule has 2 aliphatic heterocycles. The fourth-order valence-electron chi connectivity index (χ4n) is 4.77. The number of nitrogens with one attached hydrogen (secondary N) is 1. The molecule has 0 aliphatic carbocycles. The fourth-order valence-corrected chi connectivity index (χ4v) is 7.81. The Morgan fingerprint density at radius 3 is 2.03 bits per heavy atom. The van der Waals surface area contributed by atoms with Crippen LogP contribution < -0.4 is 10.1 Å². The Morgan fingerprint density at radius 1 is 0.838 bits per heavy atom. The minimum atomic E-state index is -3.72. The Morgan fingerprint density at radius 2 is 1.41 bits per heavy atom. The van der Waals surface area contributed by atoms with Crippen LogP contribution in [-0.4, -0.2) is 64.1 Å². The van der Waals surface area contributed by atoms with Gasteiger partial charge in [0.25, 0.3) is 0 Å². The van der Waals surface area contributed by atoms with Crippen LogP contribution in [0.25, 0.3) is 0 Å². The molecule has 0 bridgehead atoms. The molecular formula is C26H35N3O6S2. The van der Waals surface area contributed by atoms with Gasteiger partial charge in [0, 0.05) is 32.7 Å². The molecule has 9 nitrogen and oxygen atoms in total. The van der Waals surface area contributed by atoms with Gasteiger partial charge in [-0.1, -0.05) is 18.6 Å². The predicted molar refractivity (Wildman–Crippen MR) is 140 cm³/mol. The first kappa shape index (κ1) is 27.6. The zero-order valence-corrected chi connectivity index (χ0v) is 22.8. The number of rotatable bonds is 9. The Kier molecular flexibility index (Phi) is 8.89. The number of hydrogen-bond acceptors (Lipinski definition) is 6. The number of hydrogen-bond donors (Lipinski definition) is 1. The topological polar surface area (TPSA) is 113 Å². The van der Waals surface area contributed by atoms with Gasteiger partial charge in [0.05, 0.1) is 22.3 Å². The SMILES string of the molecule is CCOc1ccc(S(=O)(=O)N2CCC[C@@H](C(=O)NCc3ccc(S(=O)(=O)N4CCCCC4)cc3)C2)cc1. The molecule has 0 spiro atoms. The van der Waals surface area contributed by atoms with Crippen LogP contribution in [-0.2, 0) is 31.4 Å². The Bertz CT molecular complexity index is 1270. The number of amides is 1. The van der Waals surface area contributed by atoms with E-state index in [1.54, 1.807) is 36.4 Å². The highest BCUT2D eigenvalue weighted by atomic mass is 32.2. The molecule has 2 aliphatic rings. The molecule has 1 N–H and O–H groups in total. The normalized spacial score (nSPS) is 19.9. The van der Waals surface area contributed by atoms with E-state index in [1.807, 2.05) is 6.92 Å². The first-order chi connectivity index (χ1) is 17.7. The lowest BCUT2D eigenvalue weighted by Gasteiger charge is -2.31. The minimum Gasteiger partial charge on any atom is -0.494 e. The van der Waals surface area contributed by atoms with Gasteiger partial charge >= 0.3 is 0 Å². The first-order valence-electron chi connectivity index (χ1n) is 12.8. The summed E-state index contributed by atoms with van der Waals surface area (Å²) in [5.74, 6) is -0.0592. The van der Waals surface area contributed by atoms with E-state index >= 15 is 0 Å². The zero-order chi connectivity index (χ0) is 26.5. The summed E-state index contributed by atoms with van der Waals surface area (Å²) in [4.78, 5) is 13.3. The summed E-state index contributed by atoms with van der Waals surface area (Å²) >= 11 is 0. The summed E-state index contributed by atoms with van der Waals surface area (Å²) in [5, 5.41) is 2.89. The van der Waals surface area contributed by atoms with Crippen LogP contribution in [0.2, 0.25) is 0 Å². The van der Waals surface area contributed by atoms with Gasteiger partial charge in [-0.2, -0.15) is 8.61 Å². The molecule has 37 heavy (non-hydrogen) atoms. The number of carbonyl (C=O) groups excluding carboxylic acids is 1. The van der Waals surface area contributed by atoms with Crippen LogP contribution >= 0.6 is 0 Å². The van der Waals surface area contributed by atoms with Gasteiger partial charge < -0.3 is 10.1 Å². The highest BCUT2D eigenvalue weighted by Crippen LogP contribution is 2.26. The number of sulfonamides is 2. The van der Waals surface area contributed by atoms with Crippen molar-refractivity contribution in [2.45, 2.75) is 55.4 Å². The van der Waals surface area contributed by atoms with Crippen molar-refractivity contribution in [3.05, 3.63) is 54.1 Å². The number of ether oxygens (including phenoxy) is 1. The molecule has 0 aromatic heterocycles. The van der Waals surface area contributed by atoms with Gasteiger partial charge in [-0.05, 0) is 74.6 Å². The van der Waals surface area contributed by atoms with Crippen LogP contribution in [0.5, 0.6) is 5.75 Å². The third-order valence-electron chi connectivity index (χ3n) is 6.87. The van der Waals surface area contributed by atoms with E-state index in [0.717, 1.165) is 24.8 Å². The number of piperidine rings is 2. The van der Waals surface area contributed by atoms with Crippen molar-refractivity contribution in [2.24, 2.45) is 5.92 Å². The van der Waals surface area contributed by atoms with E-state index < -0.39 is 26.0 Å². The molecule has 0 radical (unpaired) electrons. The van der Waals surface area contributed by atoms with Gasteiger partial charge in [0.15, 0.2) is 0 Å². The maximum absolute atomic E-state index is 13.1. The average molecular weight is 550 g/mol. The quantitative estimate of drug-likeness (QED) is 0.515. The van der Waals surface area contributed by atoms with Crippen LogP contribution in [0.1, 0.15) is 44.6 Å². The van der Waals surface area contributed by atoms with Gasteiger partial charge in [-0.25, -0.2) is 16.8 Å². The van der Waals surface area contributed by atoms with Crippen LogP contribution in [0.15, 0.2) is 58.3 Å². The summed E-state index contributed by atoms with van der Waals surface area (Å²) < 4.78 is 60.2. The van der Waals surface area contributed by atoms with Crippen molar-refractivity contribution < 1.29 is 26.4 Å². The van der Waals surface area contributed by atoms with Gasteiger partial charge in [-0.15, -0.1) is 0 Å². The molecule has 1 amide bonds. The highest BCUT2D eigenvalue weighted by Gasteiger charge is 2.33. The van der Waals surface area contributed by atoms with Crippen molar-refractivity contribution in [3.63, 3.8) is 0 Å². The molecule has 2 aromatic carbocycles. The maximum atomic E-state index is 13.1. The van der Waals surface area contributed by atoms with E-state index in [9.17, 15) is 21.6 Å². The van der Waals surface area contributed by atoms with Crippen molar-refractivity contribution in [2.75, 3.05) is 32.8 Å². The molecule has 2 aromatic rings. The summed E-state index contributed by atoms with van der Waals surface area (Å²) in [7, 11) is -7.22.